The van der Waals surface area contributed by atoms with Gasteiger partial charge in [-0.1, -0.05) is 24.1 Å². The molecule has 0 aliphatic heterocycles. The lowest BCUT2D eigenvalue weighted by Gasteiger charge is -2.15. The van der Waals surface area contributed by atoms with Crippen LogP contribution in [-0.2, 0) is 4.79 Å². The van der Waals surface area contributed by atoms with Gasteiger partial charge in [0, 0.05) is 12.5 Å². The third-order valence-corrected chi connectivity index (χ3v) is 3.08. The fourth-order valence-corrected chi connectivity index (χ4v) is 1.84. The van der Waals surface area contributed by atoms with E-state index in [4.69, 9.17) is 9.84 Å². The summed E-state index contributed by atoms with van der Waals surface area (Å²) in [5, 5.41) is 11.9. The fraction of sp³-hybridized carbons (Fsp3) is 0.562. The summed E-state index contributed by atoms with van der Waals surface area (Å²) in [7, 11) is 0. The van der Waals surface area contributed by atoms with Gasteiger partial charge in [0.25, 0.3) is 0 Å². The summed E-state index contributed by atoms with van der Waals surface area (Å²) in [6, 6.07) is 8.32. The Labute approximate surface area is 121 Å². The summed E-state index contributed by atoms with van der Waals surface area (Å²) in [4.78, 5) is 10.3. The summed E-state index contributed by atoms with van der Waals surface area (Å²) < 4.78 is 5.69. The van der Waals surface area contributed by atoms with Crippen molar-refractivity contribution < 1.29 is 14.6 Å². The molecule has 1 aromatic rings. The SMILES string of the molecule is Cc1ccc(OCC(C)NCCCCCC(=O)O)cc1. The molecule has 0 aliphatic carbocycles. The molecule has 0 fully saturated rings. The van der Waals surface area contributed by atoms with Crippen LogP contribution in [-0.4, -0.2) is 30.3 Å². The summed E-state index contributed by atoms with van der Waals surface area (Å²) in [6.45, 7) is 5.68. The number of benzene rings is 1. The minimum absolute atomic E-state index is 0.270. The molecule has 1 aromatic carbocycles. The zero-order valence-electron chi connectivity index (χ0n) is 12.4. The van der Waals surface area contributed by atoms with E-state index >= 15 is 0 Å². The molecular formula is C16H25NO3. The molecule has 0 spiro atoms. The Kier molecular flexibility index (Phi) is 7.73. The third-order valence-electron chi connectivity index (χ3n) is 3.08. The fourth-order valence-electron chi connectivity index (χ4n) is 1.84. The van der Waals surface area contributed by atoms with Crippen molar-refractivity contribution in [2.45, 2.75) is 45.6 Å². The molecule has 112 valence electrons. The molecule has 2 N–H and O–H groups in total. The summed E-state index contributed by atoms with van der Waals surface area (Å²) >= 11 is 0. The monoisotopic (exact) mass is 279 g/mol. The predicted octanol–water partition coefficient (Wildman–Crippen LogP) is 3.00. The number of unbranched alkanes of at least 4 members (excludes halogenated alkanes) is 2. The van der Waals surface area contributed by atoms with Crippen LogP contribution in [0.1, 0.15) is 38.2 Å². The van der Waals surface area contributed by atoms with E-state index in [2.05, 4.69) is 19.2 Å². The van der Waals surface area contributed by atoms with Crippen LogP contribution in [0.15, 0.2) is 24.3 Å². The van der Waals surface area contributed by atoms with Gasteiger partial charge in [-0.2, -0.15) is 0 Å². The first-order valence-electron chi connectivity index (χ1n) is 7.22. The number of carbonyl (C=O) groups is 1. The molecule has 0 aromatic heterocycles. The van der Waals surface area contributed by atoms with E-state index in [-0.39, 0.29) is 12.5 Å². The largest absolute Gasteiger partial charge is 0.492 e. The highest BCUT2D eigenvalue weighted by atomic mass is 16.5. The maximum Gasteiger partial charge on any atom is 0.303 e. The van der Waals surface area contributed by atoms with Crippen LogP contribution in [0.2, 0.25) is 0 Å². The number of hydrogen-bond acceptors (Lipinski definition) is 3. The molecule has 1 unspecified atom stereocenters. The second kappa shape index (κ2) is 9.37. The van der Waals surface area contributed by atoms with Gasteiger partial charge in [-0.3, -0.25) is 4.79 Å². The van der Waals surface area contributed by atoms with Crippen LogP contribution in [0, 0.1) is 6.92 Å². The molecule has 0 radical (unpaired) electrons. The van der Waals surface area contributed by atoms with Crippen LogP contribution < -0.4 is 10.1 Å². The molecule has 0 aliphatic rings. The summed E-state index contributed by atoms with van der Waals surface area (Å²) in [5.41, 5.74) is 1.23. The lowest BCUT2D eigenvalue weighted by Crippen LogP contribution is -2.32. The molecule has 0 bridgehead atoms. The van der Waals surface area contributed by atoms with Crippen LogP contribution >= 0.6 is 0 Å². The summed E-state index contributed by atoms with van der Waals surface area (Å²) in [6.07, 6.45) is 2.98. The molecule has 4 nitrogen and oxygen atoms in total. The van der Waals surface area contributed by atoms with Gasteiger partial charge in [0.1, 0.15) is 12.4 Å². The second-order valence-electron chi connectivity index (χ2n) is 5.18. The van der Waals surface area contributed by atoms with Crippen molar-refractivity contribution in [3.05, 3.63) is 29.8 Å². The molecular weight excluding hydrogens is 254 g/mol. The van der Waals surface area contributed by atoms with E-state index in [0.29, 0.717) is 6.61 Å². The highest BCUT2D eigenvalue weighted by Gasteiger charge is 2.02. The maximum atomic E-state index is 10.3. The Morgan fingerprint density at radius 3 is 2.60 bits per heavy atom. The second-order valence-corrected chi connectivity index (χ2v) is 5.18. The van der Waals surface area contributed by atoms with E-state index in [9.17, 15) is 4.79 Å². The van der Waals surface area contributed by atoms with Crippen molar-refractivity contribution in [3.8, 4) is 5.75 Å². The normalized spacial score (nSPS) is 12.1. The standard InChI is InChI=1S/C16H25NO3/c1-13-7-9-15(10-8-13)20-12-14(2)17-11-5-3-4-6-16(18)19/h7-10,14,17H,3-6,11-12H2,1-2H3,(H,18,19). The van der Waals surface area contributed by atoms with Crippen LogP contribution in [0.3, 0.4) is 0 Å². The smallest absolute Gasteiger partial charge is 0.303 e. The Balaban J connectivity index is 2.04. The lowest BCUT2D eigenvalue weighted by molar-refractivity contribution is -0.137. The molecule has 4 heteroatoms. The number of aryl methyl sites for hydroxylation is 1. The maximum absolute atomic E-state index is 10.3. The van der Waals surface area contributed by atoms with Crippen molar-refractivity contribution in [3.63, 3.8) is 0 Å². The molecule has 1 atom stereocenters. The van der Waals surface area contributed by atoms with Crippen molar-refractivity contribution in [2.75, 3.05) is 13.2 Å². The van der Waals surface area contributed by atoms with Gasteiger partial charge in [-0.05, 0) is 45.4 Å². The Morgan fingerprint density at radius 2 is 1.95 bits per heavy atom. The average molecular weight is 279 g/mol. The zero-order valence-corrected chi connectivity index (χ0v) is 12.4. The number of ether oxygens (including phenoxy) is 1. The number of rotatable bonds is 10. The van der Waals surface area contributed by atoms with Gasteiger partial charge >= 0.3 is 5.97 Å². The van der Waals surface area contributed by atoms with Gasteiger partial charge in [-0.15, -0.1) is 0 Å². The first-order chi connectivity index (χ1) is 9.58. The van der Waals surface area contributed by atoms with E-state index in [1.807, 2.05) is 24.3 Å². The molecule has 20 heavy (non-hydrogen) atoms. The molecule has 0 heterocycles. The highest BCUT2D eigenvalue weighted by molar-refractivity contribution is 5.66. The Hall–Kier alpha value is -1.55. The molecule has 0 saturated carbocycles. The van der Waals surface area contributed by atoms with Gasteiger partial charge in [0.15, 0.2) is 0 Å². The Morgan fingerprint density at radius 1 is 1.25 bits per heavy atom. The average Bonchev–Trinajstić information content (AvgIpc) is 2.41. The summed E-state index contributed by atoms with van der Waals surface area (Å²) in [5.74, 6) is 0.184. The highest BCUT2D eigenvalue weighted by Crippen LogP contribution is 2.11. The number of aliphatic carboxylic acids is 1. The molecule has 0 amide bonds. The van der Waals surface area contributed by atoms with E-state index in [0.717, 1.165) is 31.6 Å². The number of carboxylic acid groups (broad SMARTS) is 1. The van der Waals surface area contributed by atoms with Crippen molar-refractivity contribution >= 4 is 5.97 Å². The van der Waals surface area contributed by atoms with Crippen molar-refractivity contribution in [2.24, 2.45) is 0 Å². The van der Waals surface area contributed by atoms with Gasteiger partial charge in [-0.25, -0.2) is 0 Å². The quantitative estimate of drug-likeness (QED) is 0.646. The van der Waals surface area contributed by atoms with E-state index in [1.54, 1.807) is 0 Å². The van der Waals surface area contributed by atoms with E-state index in [1.165, 1.54) is 5.56 Å². The number of hydrogen-bond donors (Lipinski definition) is 2. The van der Waals surface area contributed by atoms with Crippen LogP contribution in [0.4, 0.5) is 0 Å². The van der Waals surface area contributed by atoms with Crippen molar-refractivity contribution in [1.82, 2.24) is 5.32 Å². The van der Waals surface area contributed by atoms with Crippen LogP contribution in [0.25, 0.3) is 0 Å². The zero-order chi connectivity index (χ0) is 14.8. The van der Waals surface area contributed by atoms with Crippen LogP contribution in [0.5, 0.6) is 5.75 Å². The van der Waals surface area contributed by atoms with Crippen molar-refractivity contribution in [1.29, 1.82) is 0 Å². The van der Waals surface area contributed by atoms with E-state index < -0.39 is 5.97 Å². The topological polar surface area (TPSA) is 58.6 Å². The van der Waals surface area contributed by atoms with Gasteiger partial charge < -0.3 is 15.2 Å². The van der Waals surface area contributed by atoms with Gasteiger partial charge in [0.2, 0.25) is 0 Å². The number of carboxylic acids is 1. The van der Waals surface area contributed by atoms with Gasteiger partial charge in [0.05, 0.1) is 0 Å². The number of nitrogens with one attached hydrogen (secondary N) is 1. The predicted molar refractivity (Wildman–Crippen MR) is 80.2 cm³/mol. The first-order valence-corrected chi connectivity index (χ1v) is 7.22. The molecule has 0 saturated heterocycles. The minimum atomic E-state index is -0.710. The molecule has 1 rings (SSSR count). The Bertz CT molecular complexity index is 389. The third kappa shape index (κ3) is 7.79. The first kappa shape index (κ1) is 16.5. The lowest BCUT2D eigenvalue weighted by atomic mass is 10.2. The minimum Gasteiger partial charge on any atom is -0.492 e.